The molecule has 27 heavy (non-hydrogen) atoms. The molecule has 0 bridgehead atoms. The van der Waals surface area contributed by atoms with E-state index in [1.165, 1.54) is 0 Å². The largest absolute Gasteiger partial charge is 0.256 e. The molecule has 0 saturated carbocycles. The maximum absolute atomic E-state index is 8.23. The quantitative estimate of drug-likeness (QED) is 0.327. The smallest absolute Gasteiger partial charge is 0.230 e. The Morgan fingerprint density at radius 3 is 2.78 bits per heavy atom. The van der Waals surface area contributed by atoms with Crippen LogP contribution in [0, 0.1) is 20.6 Å². The van der Waals surface area contributed by atoms with Crippen LogP contribution in [0.4, 0.5) is 0 Å². The highest BCUT2D eigenvalue weighted by atomic mass is 32.1. The predicted molar refractivity (Wildman–Crippen MR) is 115 cm³/mol. The van der Waals surface area contributed by atoms with Crippen LogP contribution in [-0.2, 0) is 7.05 Å². The van der Waals surface area contributed by atoms with Gasteiger partial charge in [-0.05, 0) is 50.5 Å². The normalized spacial score (nSPS) is 15.9. The fraction of sp³-hybridized carbons (Fsp3) is 0.167. The van der Waals surface area contributed by atoms with Gasteiger partial charge in [-0.2, -0.15) is 4.57 Å². The molecular weight excluding hydrogens is 348 g/mol. The highest BCUT2D eigenvalue weighted by Gasteiger charge is 2.23. The third-order valence-corrected chi connectivity index (χ3v) is 6.24. The Bertz CT molecular complexity index is 1560. The standard InChI is InChI=1S/C24H21N2S/c1-14-7-8-17(15(2)12-14)23-24-21(16(3)13-26(23)4)22-18-6-5-11-25-19(18)9-10-20(22)27-24/h5-13H,1-4H3/q+1/i1D3,3D3. The molecule has 0 N–H and O–H groups in total. The van der Waals surface area contributed by atoms with Gasteiger partial charge in [0.05, 0.1) is 11.1 Å². The number of rotatable bonds is 1. The van der Waals surface area contributed by atoms with Gasteiger partial charge in [-0.1, -0.05) is 23.8 Å². The topological polar surface area (TPSA) is 16.8 Å². The fourth-order valence-corrected chi connectivity index (χ4v) is 5.23. The van der Waals surface area contributed by atoms with Gasteiger partial charge in [0, 0.05) is 40.8 Å². The van der Waals surface area contributed by atoms with Gasteiger partial charge < -0.3 is 0 Å². The van der Waals surface area contributed by atoms with Crippen LogP contribution in [0.5, 0.6) is 0 Å². The third-order valence-electron chi connectivity index (χ3n) is 5.08. The van der Waals surface area contributed by atoms with E-state index in [1.54, 1.807) is 35.9 Å². The number of aromatic nitrogens is 2. The van der Waals surface area contributed by atoms with E-state index in [1.807, 2.05) is 48.9 Å². The lowest BCUT2D eigenvalue weighted by atomic mass is 9.99. The molecule has 0 fully saturated rings. The molecule has 0 aliphatic carbocycles. The highest BCUT2D eigenvalue weighted by Crippen LogP contribution is 2.43. The van der Waals surface area contributed by atoms with Gasteiger partial charge in [-0.3, -0.25) is 4.98 Å². The first-order chi connectivity index (χ1) is 15.5. The van der Waals surface area contributed by atoms with Crippen molar-refractivity contribution in [3.8, 4) is 11.3 Å². The number of aryl methyl sites for hydroxylation is 4. The van der Waals surface area contributed by atoms with Crippen molar-refractivity contribution in [3.05, 3.63) is 71.5 Å². The van der Waals surface area contributed by atoms with Crippen molar-refractivity contribution in [1.82, 2.24) is 4.98 Å². The Kier molecular flexibility index (Phi) is 2.42. The van der Waals surface area contributed by atoms with Crippen molar-refractivity contribution in [3.63, 3.8) is 0 Å². The summed E-state index contributed by atoms with van der Waals surface area (Å²) in [5, 5.41) is 2.52. The van der Waals surface area contributed by atoms with E-state index in [0.29, 0.717) is 10.9 Å². The SMILES string of the molecule is [2H]C([2H])([2H])c1ccc(-c2c3sc4ccc5ncccc5c4c3c(C([2H])([2H])[2H])c[n+]2C)c(C)c1. The van der Waals surface area contributed by atoms with Gasteiger partial charge in [0.1, 0.15) is 11.7 Å². The Morgan fingerprint density at radius 2 is 1.96 bits per heavy atom. The first kappa shape index (κ1) is 11.2. The van der Waals surface area contributed by atoms with Gasteiger partial charge in [0.2, 0.25) is 5.69 Å². The van der Waals surface area contributed by atoms with Gasteiger partial charge in [-0.15, -0.1) is 11.3 Å². The number of benzene rings is 2. The monoisotopic (exact) mass is 375 g/mol. The first-order valence-corrected chi connectivity index (χ1v) is 9.53. The van der Waals surface area contributed by atoms with Gasteiger partial charge in [-0.25, -0.2) is 0 Å². The molecular formula is C24H21N2S+. The van der Waals surface area contributed by atoms with E-state index >= 15 is 0 Å². The number of nitrogens with zero attached hydrogens (tertiary/aromatic N) is 2. The number of hydrogen-bond donors (Lipinski definition) is 0. The second-order valence-corrected chi connectivity index (χ2v) is 7.90. The second kappa shape index (κ2) is 5.86. The molecule has 5 rings (SSSR count). The lowest BCUT2D eigenvalue weighted by molar-refractivity contribution is -0.659. The summed E-state index contributed by atoms with van der Waals surface area (Å²) in [4.78, 5) is 4.46. The summed E-state index contributed by atoms with van der Waals surface area (Å²) in [6.45, 7) is -2.59. The van der Waals surface area contributed by atoms with Crippen molar-refractivity contribution >= 4 is 42.4 Å². The first-order valence-electron chi connectivity index (χ1n) is 11.7. The molecule has 3 aromatic heterocycles. The van der Waals surface area contributed by atoms with Crippen molar-refractivity contribution < 1.29 is 12.8 Å². The molecule has 2 nitrogen and oxygen atoms in total. The molecule has 0 spiro atoms. The van der Waals surface area contributed by atoms with E-state index in [2.05, 4.69) is 4.98 Å². The van der Waals surface area contributed by atoms with Crippen LogP contribution in [0.25, 0.3) is 42.3 Å². The Balaban J connectivity index is 1.95. The maximum atomic E-state index is 8.23. The molecule has 132 valence electrons. The summed E-state index contributed by atoms with van der Waals surface area (Å²) in [7, 11) is 1.84. The van der Waals surface area contributed by atoms with Crippen LogP contribution >= 0.6 is 11.3 Å². The van der Waals surface area contributed by atoms with E-state index in [-0.39, 0.29) is 5.56 Å². The van der Waals surface area contributed by atoms with E-state index in [9.17, 15) is 0 Å². The number of hydrogen-bond acceptors (Lipinski definition) is 2. The van der Waals surface area contributed by atoms with Gasteiger partial charge in [0.15, 0.2) is 6.20 Å². The van der Waals surface area contributed by atoms with Gasteiger partial charge >= 0.3 is 0 Å². The molecule has 0 unspecified atom stereocenters. The molecule has 0 saturated heterocycles. The third kappa shape index (κ3) is 2.38. The van der Waals surface area contributed by atoms with Crippen molar-refractivity contribution in [2.75, 3.05) is 0 Å². The van der Waals surface area contributed by atoms with Crippen LogP contribution in [0.2, 0.25) is 0 Å². The summed E-state index contributed by atoms with van der Waals surface area (Å²) < 4.78 is 51.6. The molecule has 0 amide bonds. The van der Waals surface area contributed by atoms with Crippen molar-refractivity contribution in [1.29, 1.82) is 0 Å². The molecule has 0 aliphatic heterocycles. The molecule has 3 heterocycles. The molecule has 2 aromatic carbocycles. The zero-order valence-electron chi connectivity index (χ0n) is 21.0. The number of thiophene rings is 1. The van der Waals surface area contributed by atoms with Crippen LogP contribution in [0.1, 0.15) is 24.9 Å². The zero-order valence-corrected chi connectivity index (χ0v) is 15.8. The zero-order chi connectivity index (χ0) is 23.7. The van der Waals surface area contributed by atoms with E-state index in [4.69, 9.17) is 8.22 Å². The average molecular weight is 376 g/mol. The van der Waals surface area contributed by atoms with E-state index < -0.39 is 13.7 Å². The Morgan fingerprint density at radius 1 is 1.04 bits per heavy atom. The summed E-state index contributed by atoms with van der Waals surface area (Å²) in [5.41, 5.74) is 3.96. The second-order valence-electron chi connectivity index (χ2n) is 6.85. The van der Waals surface area contributed by atoms with Crippen LogP contribution in [0.15, 0.2) is 54.9 Å². The average Bonchev–Trinajstić information content (AvgIpc) is 3.12. The molecule has 0 radical (unpaired) electrons. The minimum atomic E-state index is -2.30. The van der Waals surface area contributed by atoms with Crippen LogP contribution in [0.3, 0.4) is 0 Å². The van der Waals surface area contributed by atoms with Gasteiger partial charge in [0.25, 0.3) is 0 Å². The Hall–Kier alpha value is -2.78. The maximum Gasteiger partial charge on any atom is 0.230 e. The predicted octanol–water partition coefficient (Wildman–Crippen LogP) is 6.02. The molecule has 3 heteroatoms. The lowest BCUT2D eigenvalue weighted by Crippen LogP contribution is -2.31. The summed E-state index contributed by atoms with van der Waals surface area (Å²) in [6, 6.07) is 12.9. The van der Waals surface area contributed by atoms with Crippen LogP contribution in [-0.4, -0.2) is 4.98 Å². The Labute approximate surface area is 171 Å². The van der Waals surface area contributed by atoms with Crippen LogP contribution < -0.4 is 4.57 Å². The summed E-state index contributed by atoms with van der Waals surface area (Å²) >= 11 is 1.55. The molecule has 0 atom stereocenters. The lowest BCUT2D eigenvalue weighted by Gasteiger charge is -2.08. The highest BCUT2D eigenvalue weighted by molar-refractivity contribution is 7.26. The van der Waals surface area contributed by atoms with E-state index in [0.717, 1.165) is 42.5 Å². The number of fused-ring (bicyclic) bond motifs is 5. The van der Waals surface area contributed by atoms with Crippen molar-refractivity contribution in [2.45, 2.75) is 20.6 Å². The minimum absolute atomic E-state index is 0.287. The fourth-order valence-electron chi connectivity index (χ4n) is 3.90. The molecule has 0 aliphatic rings. The molecule has 5 aromatic rings. The minimum Gasteiger partial charge on any atom is -0.256 e. The van der Waals surface area contributed by atoms with Crippen molar-refractivity contribution in [2.24, 2.45) is 7.05 Å². The number of pyridine rings is 2. The summed E-state index contributed by atoms with van der Waals surface area (Å²) in [5.74, 6) is 0. The summed E-state index contributed by atoms with van der Waals surface area (Å²) in [6.07, 6.45) is 3.41.